The van der Waals surface area contributed by atoms with Crippen molar-refractivity contribution in [3.63, 3.8) is 0 Å². The predicted octanol–water partition coefficient (Wildman–Crippen LogP) is 4.12. The standard InChI is InChI=1S/C6H11F3O3S.C6H14O3S.C5H9F3O/c1-5(7,8)6(2,9)12-4-13(3,10)11;1-4-6(2)9-5-10(3,7)8;1-4(6,7)5(2,8)9-3/h4H2,1-3H3;6H,4-5H2,1-3H3;1-3H3. The lowest BCUT2D eigenvalue weighted by atomic mass is 10.2. The van der Waals surface area contributed by atoms with E-state index in [9.17, 15) is 43.2 Å². The summed E-state index contributed by atoms with van der Waals surface area (Å²) in [7, 11) is -5.66. The van der Waals surface area contributed by atoms with Gasteiger partial charge < -0.3 is 14.2 Å². The molecule has 0 bridgehead atoms. The Balaban J connectivity index is -0.000000403. The van der Waals surface area contributed by atoms with Gasteiger partial charge in [-0.25, -0.2) is 43.2 Å². The van der Waals surface area contributed by atoms with Crippen LogP contribution in [0.3, 0.4) is 0 Å². The molecular formula is C17H34F6O7S2. The molecule has 0 heterocycles. The predicted molar refractivity (Wildman–Crippen MR) is 109 cm³/mol. The molecule has 15 heteroatoms. The number of sulfone groups is 2. The molecule has 0 saturated heterocycles. The Morgan fingerprint density at radius 2 is 1.09 bits per heavy atom. The topological polar surface area (TPSA) is 96.0 Å². The van der Waals surface area contributed by atoms with E-state index in [0.29, 0.717) is 27.7 Å². The maximum atomic E-state index is 12.9. The van der Waals surface area contributed by atoms with Gasteiger partial charge in [0.15, 0.2) is 25.6 Å². The van der Waals surface area contributed by atoms with Gasteiger partial charge in [0.05, 0.1) is 6.10 Å². The molecule has 7 nitrogen and oxygen atoms in total. The second kappa shape index (κ2) is 13.3. The molecule has 0 aromatic heterocycles. The second-order valence-electron chi connectivity index (χ2n) is 7.43. The molecule has 3 atom stereocenters. The fraction of sp³-hybridized carbons (Fsp3) is 1.00. The van der Waals surface area contributed by atoms with Crippen LogP contribution in [-0.4, -0.2) is 78.0 Å². The number of ether oxygens (including phenoxy) is 3. The van der Waals surface area contributed by atoms with Crippen molar-refractivity contribution in [3.8, 4) is 0 Å². The van der Waals surface area contributed by atoms with Crippen LogP contribution in [0, 0.1) is 0 Å². The molecule has 0 spiro atoms. The van der Waals surface area contributed by atoms with Crippen LogP contribution in [0.1, 0.15) is 48.0 Å². The SMILES string of the molecule is CC(F)(F)C(C)(F)OCS(C)(=O)=O.CCC(C)OCS(C)(=O)=O.COC(C)(F)C(C)(F)F. The van der Waals surface area contributed by atoms with E-state index in [1.165, 1.54) is 0 Å². The van der Waals surface area contributed by atoms with Crippen LogP contribution in [-0.2, 0) is 33.9 Å². The average molecular weight is 529 g/mol. The van der Waals surface area contributed by atoms with E-state index in [-0.39, 0.29) is 12.0 Å². The molecule has 0 aromatic rings. The summed E-state index contributed by atoms with van der Waals surface area (Å²) in [6.07, 6.45) is 2.80. The average Bonchev–Trinajstić information content (AvgIpc) is 2.56. The van der Waals surface area contributed by atoms with E-state index in [0.717, 1.165) is 26.0 Å². The van der Waals surface area contributed by atoms with Gasteiger partial charge in [-0.05, 0) is 13.3 Å². The largest absolute Gasteiger partial charge is 0.363 e. The third kappa shape index (κ3) is 18.9. The summed E-state index contributed by atoms with van der Waals surface area (Å²) in [5.74, 6) is -14.5. The monoisotopic (exact) mass is 528 g/mol. The number of rotatable bonds is 10. The Bertz CT molecular complexity index is 727. The summed E-state index contributed by atoms with van der Waals surface area (Å²) in [6.45, 7) is 5.76. The van der Waals surface area contributed by atoms with E-state index >= 15 is 0 Å². The van der Waals surface area contributed by atoms with Crippen molar-refractivity contribution in [2.75, 3.05) is 31.5 Å². The first kappa shape index (κ1) is 35.9. The smallest absolute Gasteiger partial charge is 0.302 e. The number of hydrogen-bond acceptors (Lipinski definition) is 7. The van der Waals surface area contributed by atoms with Crippen LogP contribution in [0.5, 0.6) is 0 Å². The molecular weight excluding hydrogens is 494 g/mol. The maximum Gasteiger partial charge on any atom is 0.302 e. The van der Waals surface area contributed by atoms with Crippen molar-refractivity contribution in [2.24, 2.45) is 0 Å². The fourth-order valence-corrected chi connectivity index (χ4v) is 1.80. The Morgan fingerprint density at radius 3 is 1.28 bits per heavy atom. The number of methoxy groups -OCH3 is 1. The zero-order chi connectivity index (χ0) is 26.8. The van der Waals surface area contributed by atoms with E-state index in [4.69, 9.17) is 4.74 Å². The molecule has 0 aromatic carbocycles. The fourth-order valence-electron chi connectivity index (χ4n) is 0.881. The Labute approximate surface area is 186 Å². The zero-order valence-corrected chi connectivity index (χ0v) is 21.3. The molecule has 0 saturated carbocycles. The van der Waals surface area contributed by atoms with Crippen LogP contribution in [0.15, 0.2) is 0 Å². The first-order valence-electron chi connectivity index (χ1n) is 9.02. The molecule has 0 fully saturated rings. The third-order valence-electron chi connectivity index (χ3n) is 3.64. The maximum absolute atomic E-state index is 12.9. The minimum Gasteiger partial charge on any atom is -0.363 e. The first-order valence-corrected chi connectivity index (χ1v) is 13.1. The molecule has 0 aliphatic rings. The van der Waals surface area contributed by atoms with Gasteiger partial charge in [0.1, 0.15) is 5.94 Å². The van der Waals surface area contributed by atoms with Gasteiger partial charge in [-0.1, -0.05) is 6.92 Å². The molecule has 3 unspecified atom stereocenters. The molecule has 0 amide bonds. The molecule has 0 aliphatic heterocycles. The molecule has 0 rings (SSSR count). The quantitative estimate of drug-likeness (QED) is 0.394. The lowest BCUT2D eigenvalue weighted by molar-refractivity contribution is -0.251. The molecule has 0 radical (unpaired) electrons. The molecule has 32 heavy (non-hydrogen) atoms. The Kier molecular flexibility index (Phi) is 14.9. The van der Waals surface area contributed by atoms with Gasteiger partial charge in [0.2, 0.25) is 0 Å². The highest BCUT2D eigenvalue weighted by molar-refractivity contribution is 7.90. The Morgan fingerprint density at radius 1 is 0.750 bits per heavy atom. The highest BCUT2D eigenvalue weighted by atomic mass is 32.2. The highest BCUT2D eigenvalue weighted by Gasteiger charge is 2.49. The summed E-state index contributed by atoms with van der Waals surface area (Å²) in [5.41, 5.74) is 0. The summed E-state index contributed by atoms with van der Waals surface area (Å²) < 4.78 is 129. The lowest BCUT2D eigenvalue weighted by Crippen LogP contribution is -2.42. The van der Waals surface area contributed by atoms with Crippen molar-refractivity contribution in [3.05, 3.63) is 0 Å². The normalized spacial score (nSPS) is 17.6. The summed E-state index contributed by atoms with van der Waals surface area (Å²) >= 11 is 0. The number of halogens is 6. The lowest BCUT2D eigenvalue weighted by Gasteiger charge is -2.26. The zero-order valence-electron chi connectivity index (χ0n) is 19.6. The van der Waals surface area contributed by atoms with Crippen molar-refractivity contribution in [2.45, 2.75) is 77.6 Å². The van der Waals surface area contributed by atoms with E-state index in [1.54, 1.807) is 0 Å². The van der Waals surface area contributed by atoms with Gasteiger partial charge in [0.25, 0.3) is 11.7 Å². The third-order valence-corrected chi connectivity index (χ3v) is 4.75. The van der Waals surface area contributed by atoms with Crippen LogP contribution in [0.4, 0.5) is 26.3 Å². The minimum atomic E-state index is -3.74. The highest BCUT2D eigenvalue weighted by Crippen LogP contribution is 2.33. The number of hydrogen-bond donors (Lipinski definition) is 0. The Hall–Kier alpha value is -0.640. The van der Waals surface area contributed by atoms with Crippen LogP contribution >= 0.6 is 0 Å². The second-order valence-corrected chi connectivity index (χ2v) is 11.6. The first-order chi connectivity index (χ1) is 13.7. The van der Waals surface area contributed by atoms with Crippen LogP contribution in [0.2, 0.25) is 0 Å². The van der Waals surface area contributed by atoms with Crippen LogP contribution in [0.25, 0.3) is 0 Å². The van der Waals surface area contributed by atoms with Crippen molar-refractivity contribution < 1.29 is 57.4 Å². The number of alkyl halides is 6. The van der Waals surface area contributed by atoms with Gasteiger partial charge in [0, 0.05) is 47.3 Å². The van der Waals surface area contributed by atoms with E-state index in [1.807, 2.05) is 13.8 Å². The summed E-state index contributed by atoms with van der Waals surface area (Å²) in [6, 6.07) is 0. The van der Waals surface area contributed by atoms with Gasteiger partial charge in [-0.3, -0.25) is 0 Å². The van der Waals surface area contributed by atoms with E-state index in [2.05, 4.69) is 9.47 Å². The summed E-state index contributed by atoms with van der Waals surface area (Å²) in [5, 5.41) is 0. The van der Waals surface area contributed by atoms with Crippen molar-refractivity contribution >= 4 is 19.7 Å². The van der Waals surface area contributed by atoms with E-state index < -0.39 is 49.2 Å². The molecule has 0 N–H and O–H groups in total. The van der Waals surface area contributed by atoms with Gasteiger partial charge >= 0.3 is 11.8 Å². The van der Waals surface area contributed by atoms with Crippen LogP contribution < -0.4 is 0 Å². The van der Waals surface area contributed by atoms with Crippen molar-refractivity contribution in [1.29, 1.82) is 0 Å². The molecule has 0 aliphatic carbocycles. The molecule has 198 valence electrons. The van der Waals surface area contributed by atoms with Crippen molar-refractivity contribution in [1.82, 2.24) is 0 Å². The minimum absolute atomic E-state index is 0.0368. The van der Waals surface area contributed by atoms with Gasteiger partial charge in [-0.15, -0.1) is 0 Å². The van der Waals surface area contributed by atoms with Gasteiger partial charge in [-0.2, -0.15) is 0 Å². The summed E-state index contributed by atoms with van der Waals surface area (Å²) in [4.78, 5) is 0.